The maximum absolute atomic E-state index is 12.9. The van der Waals surface area contributed by atoms with Crippen LogP contribution < -0.4 is 20.6 Å². The summed E-state index contributed by atoms with van der Waals surface area (Å²) >= 11 is 0. The summed E-state index contributed by atoms with van der Waals surface area (Å²) in [4.78, 5) is 27.2. The van der Waals surface area contributed by atoms with Crippen LogP contribution in [0.25, 0.3) is 11.0 Å². The van der Waals surface area contributed by atoms with Gasteiger partial charge in [-0.25, -0.2) is 4.79 Å². The molecule has 2 N–H and O–H groups in total. The number of para-hydroxylation sites is 2. The standard InChI is InChI=1S/C25H28N2O5/c1-4-17(5-2)26-25(30)22-14-27(19-8-6-7-9-21(19)31-22)13-16-12-23(29)32-24-15(3)20(28)11-10-18(16)24/h6-12,17,22,28H,4-5,13-14H2,1-3H3,(H,26,30). The van der Waals surface area contributed by atoms with E-state index in [4.69, 9.17) is 9.15 Å². The third kappa shape index (κ3) is 4.15. The number of rotatable bonds is 6. The lowest BCUT2D eigenvalue weighted by molar-refractivity contribution is -0.128. The van der Waals surface area contributed by atoms with E-state index in [1.165, 1.54) is 6.07 Å². The third-order valence-corrected chi connectivity index (χ3v) is 6.06. The number of ether oxygens (including phenoxy) is 1. The molecule has 1 atom stereocenters. The maximum atomic E-state index is 12.9. The summed E-state index contributed by atoms with van der Waals surface area (Å²) < 4.78 is 11.4. The Morgan fingerprint density at radius 3 is 2.72 bits per heavy atom. The van der Waals surface area contributed by atoms with Crippen LogP contribution in [0.3, 0.4) is 0 Å². The van der Waals surface area contributed by atoms with Gasteiger partial charge < -0.3 is 24.5 Å². The Kier molecular flexibility index (Phi) is 6.08. The van der Waals surface area contributed by atoms with E-state index in [0.29, 0.717) is 30.0 Å². The lowest BCUT2D eigenvalue weighted by Gasteiger charge is -2.36. The van der Waals surface area contributed by atoms with Crippen LogP contribution in [0.4, 0.5) is 5.69 Å². The van der Waals surface area contributed by atoms with E-state index in [9.17, 15) is 14.7 Å². The summed E-state index contributed by atoms with van der Waals surface area (Å²) in [5.74, 6) is 0.564. The summed E-state index contributed by atoms with van der Waals surface area (Å²) in [5.41, 5.74) is 2.03. The van der Waals surface area contributed by atoms with Gasteiger partial charge in [-0.15, -0.1) is 0 Å². The first-order valence-electron chi connectivity index (χ1n) is 11.0. The summed E-state index contributed by atoms with van der Waals surface area (Å²) in [6, 6.07) is 12.5. The van der Waals surface area contributed by atoms with Crippen molar-refractivity contribution in [1.29, 1.82) is 0 Å². The summed E-state index contributed by atoms with van der Waals surface area (Å²) in [5, 5.41) is 13.8. The quantitative estimate of drug-likeness (QED) is 0.570. The fourth-order valence-electron chi connectivity index (χ4n) is 4.13. The molecule has 0 saturated carbocycles. The molecule has 32 heavy (non-hydrogen) atoms. The number of benzene rings is 2. The number of phenols is 1. The molecule has 2 aromatic carbocycles. The van der Waals surface area contributed by atoms with Crippen LogP contribution in [0.1, 0.15) is 37.8 Å². The number of carbonyl (C=O) groups excluding carboxylic acids is 1. The molecule has 0 aliphatic carbocycles. The van der Waals surface area contributed by atoms with Crippen LogP contribution >= 0.6 is 0 Å². The number of amides is 1. The number of aryl methyl sites for hydroxylation is 1. The largest absolute Gasteiger partial charge is 0.508 e. The van der Waals surface area contributed by atoms with Gasteiger partial charge in [0, 0.05) is 29.6 Å². The minimum absolute atomic E-state index is 0.0765. The third-order valence-electron chi connectivity index (χ3n) is 6.06. The number of fused-ring (bicyclic) bond motifs is 2. The van der Waals surface area contributed by atoms with Crippen molar-refractivity contribution in [3.05, 3.63) is 64.0 Å². The molecule has 0 bridgehead atoms. The monoisotopic (exact) mass is 436 g/mol. The number of nitrogens with zero attached hydrogens (tertiary/aromatic N) is 1. The zero-order valence-corrected chi connectivity index (χ0v) is 18.6. The number of carbonyl (C=O) groups is 1. The van der Waals surface area contributed by atoms with Gasteiger partial charge >= 0.3 is 5.63 Å². The second-order valence-electron chi connectivity index (χ2n) is 8.15. The summed E-state index contributed by atoms with van der Waals surface area (Å²) in [7, 11) is 0. The molecule has 4 rings (SSSR count). The second-order valence-corrected chi connectivity index (χ2v) is 8.15. The SMILES string of the molecule is CCC(CC)NC(=O)C1CN(Cc2cc(=O)oc3c(C)c(O)ccc23)c2ccccc2O1. The molecular weight excluding hydrogens is 408 g/mol. The molecule has 0 radical (unpaired) electrons. The van der Waals surface area contributed by atoms with Gasteiger partial charge in [0.25, 0.3) is 5.91 Å². The Morgan fingerprint density at radius 2 is 1.97 bits per heavy atom. The van der Waals surface area contributed by atoms with Crippen LogP contribution in [0.15, 0.2) is 51.7 Å². The molecule has 1 unspecified atom stereocenters. The van der Waals surface area contributed by atoms with Crippen LogP contribution in [-0.2, 0) is 11.3 Å². The Balaban J connectivity index is 1.69. The van der Waals surface area contributed by atoms with Crippen molar-refractivity contribution in [1.82, 2.24) is 5.32 Å². The van der Waals surface area contributed by atoms with Gasteiger partial charge in [0.1, 0.15) is 17.1 Å². The molecule has 2 heterocycles. The average molecular weight is 437 g/mol. The van der Waals surface area contributed by atoms with Gasteiger partial charge in [-0.3, -0.25) is 4.79 Å². The van der Waals surface area contributed by atoms with Crippen molar-refractivity contribution in [3.8, 4) is 11.5 Å². The highest BCUT2D eigenvalue weighted by Gasteiger charge is 2.31. The van der Waals surface area contributed by atoms with Crippen LogP contribution in [0.2, 0.25) is 0 Å². The molecule has 7 heteroatoms. The molecule has 0 fully saturated rings. The Hall–Kier alpha value is -3.48. The van der Waals surface area contributed by atoms with Crippen molar-refractivity contribution in [3.63, 3.8) is 0 Å². The number of anilines is 1. The molecule has 1 aliphatic rings. The predicted octanol–water partition coefficient (Wildman–Crippen LogP) is 3.88. The number of hydrogen-bond acceptors (Lipinski definition) is 6. The van der Waals surface area contributed by atoms with E-state index in [-0.39, 0.29) is 17.7 Å². The Labute approximate surface area is 186 Å². The molecule has 0 spiro atoms. The minimum atomic E-state index is -0.664. The van der Waals surface area contributed by atoms with Crippen LogP contribution in [-0.4, -0.2) is 29.7 Å². The van der Waals surface area contributed by atoms with Crippen molar-refractivity contribution < 1.29 is 19.1 Å². The first-order chi connectivity index (χ1) is 15.4. The zero-order valence-electron chi connectivity index (χ0n) is 18.6. The molecule has 7 nitrogen and oxygen atoms in total. The van der Waals surface area contributed by atoms with E-state index in [2.05, 4.69) is 5.32 Å². The van der Waals surface area contributed by atoms with Crippen molar-refractivity contribution >= 4 is 22.6 Å². The molecule has 3 aromatic rings. The van der Waals surface area contributed by atoms with E-state index in [1.807, 2.05) is 43.0 Å². The number of phenolic OH excluding ortho intramolecular Hbond substituents is 1. The molecule has 0 saturated heterocycles. The molecule has 1 aliphatic heterocycles. The lowest BCUT2D eigenvalue weighted by Crippen LogP contribution is -2.51. The highest BCUT2D eigenvalue weighted by Crippen LogP contribution is 2.35. The zero-order chi connectivity index (χ0) is 22.8. The van der Waals surface area contributed by atoms with Gasteiger partial charge in [0.05, 0.1) is 12.2 Å². The first kappa shape index (κ1) is 21.7. The minimum Gasteiger partial charge on any atom is -0.508 e. The first-order valence-corrected chi connectivity index (χ1v) is 11.0. The Morgan fingerprint density at radius 1 is 1.22 bits per heavy atom. The number of hydrogen-bond donors (Lipinski definition) is 2. The molecular formula is C25H28N2O5. The van der Waals surface area contributed by atoms with Gasteiger partial charge in [0.15, 0.2) is 6.10 Å². The fourth-order valence-corrected chi connectivity index (χ4v) is 4.13. The second kappa shape index (κ2) is 8.94. The van der Waals surface area contributed by atoms with Gasteiger partial charge in [-0.1, -0.05) is 26.0 Å². The average Bonchev–Trinajstić information content (AvgIpc) is 2.79. The van der Waals surface area contributed by atoms with Gasteiger partial charge in [0.2, 0.25) is 0 Å². The topological polar surface area (TPSA) is 92.0 Å². The van der Waals surface area contributed by atoms with Crippen molar-refractivity contribution in [2.75, 3.05) is 11.4 Å². The smallest absolute Gasteiger partial charge is 0.336 e. The highest BCUT2D eigenvalue weighted by molar-refractivity contribution is 5.86. The van der Waals surface area contributed by atoms with E-state index < -0.39 is 11.7 Å². The number of nitrogens with one attached hydrogen (secondary N) is 1. The molecule has 1 amide bonds. The summed E-state index contributed by atoms with van der Waals surface area (Å²) in [6.07, 6.45) is 1.04. The lowest BCUT2D eigenvalue weighted by atomic mass is 10.0. The predicted molar refractivity (Wildman–Crippen MR) is 123 cm³/mol. The normalized spacial score (nSPS) is 15.5. The number of aromatic hydroxyl groups is 1. The Bertz CT molecular complexity index is 1200. The van der Waals surface area contributed by atoms with E-state index in [1.54, 1.807) is 19.1 Å². The van der Waals surface area contributed by atoms with Gasteiger partial charge in [-0.05, 0) is 49.6 Å². The fraction of sp³-hybridized carbons (Fsp3) is 0.360. The van der Waals surface area contributed by atoms with E-state index >= 15 is 0 Å². The summed E-state index contributed by atoms with van der Waals surface area (Å²) in [6.45, 7) is 6.54. The maximum Gasteiger partial charge on any atom is 0.336 e. The molecule has 1 aromatic heterocycles. The van der Waals surface area contributed by atoms with Gasteiger partial charge in [-0.2, -0.15) is 0 Å². The van der Waals surface area contributed by atoms with Crippen molar-refractivity contribution in [2.24, 2.45) is 0 Å². The van der Waals surface area contributed by atoms with Crippen LogP contribution in [0.5, 0.6) is 11.5 Å². The van der Waals surface area contributed by atoms with E-state index in [0.717, 1.165) is 29.5 Å². The molecule has 168 valence electrons. The van der Waals surface area contributed by atoms with Crippen LogP contribution in [0, 0.1) is 6.92 Å². The van der Waals surface area contributed by atoms with Crippen molar-refractivity contribution in [2.45, 2.75) is 52.3 Å². The highest BCUT2D eigenvalue weighted by atomic mass is 16.5.